The van der Waals surface area contributed by atoms with E-state index in [1.165, 1.54) is 0 Å². The predicted octanol–water partition coefficient (Wildman–Crippen LogP) is 1.17. The fraction of sp³-hybridized carbons (Fsp3) is 0.857. The zero-order chi connectivity index (χ0) is 7.49. The van der Waals surface area contributed by atoms with Crippen LogP contribution < -0.4 is 5.32 Å². The van der Waals surface area contributed by atoms with Gasteiger partial charge in [-0.25, -0.2) is 0 Å². The normalized spacial score (nSPS) is 11.1. The first-order chi connectivity index (χ1) is 4.04. The molecule has 2 heteroatoms. The molecule has 0 bridgehead atoms. The summed E-state index contributed by atoms with van der Waals surface area (Å²) in [6.45, 7) is 5.88. The van der Waals surface area contributed by atoms with Gasteiger partial charge in [-0.2, -0.15) is 0 Å². The van der Waals surface area contributed by atoms with Gasteiger partial charge in [-0.3, -0.25) is 4.79 Å². The van der Waals surface area contributed by atoms with Gasteiger partial charge in [0.2, 0.25) is 5.91 Å². The Hall–Kier alpha value is -0.530. The van der Waals surface area contributed by atoms with Crippen molar-refractivity contribution in [1.82, 2.24) is 5.32 Å². The van der Waals surface area contributed by atoms with Gasteiger partial charge in [0.05, 0.1) is 0 Å². The average Bonchev–Trinajstić information content (AvgIpc) is 1.86. The highest BCUT2D eigenvalue weighted by Gasteiger charge is 2.23. The summed E-state index contributed by atoms with van der Waals surface area (Å²) in [6.07, 6.45) is 0.882. The first-order valence-electron chi connectivity index (χ1n) is 3.26. The number of hydrogen-bond donors (Lipinski definition) is 1. The SMILES string of the molecule is CCC(C)(C)C(=O)NC. The third-order valence-electron chi connectivity index (χ3n) is 1.73. The van der Waals surface area contributed by atoms with Crippen LogP contribution in [0.15, 0.2) is 0 Å². The second kappa shape index (κ2) is 2.85. The lowest BCUT2D eigenvalue weighted by Crippen LogP contribution is -2.33. The molecule has 9 heavy (non-hydrogen) atoms. The lowest BCUT2D eigenvalue weighted by Gasteiger charge is -2.19. The minimum atomic E-state index is -0.200. The van der Waals surface area contributed by atoms with Gasteiger partial charge in [0, 0.05) is 12.5 Å². The highest BCUT2D eigenvalue weighted by Crippen LogP contribution is 2.18. The van der Waals surface area contributed by atoms with Crippen LogP contribution in [0.3, 0.4) is 0 Å². The van der Waals surface area contributed by atoms with Crippen molar-refractivity contribution in [3.8, 4) is 0 Å². The topological polar surface area (TPSA) is 29.1 Å². The van der Waals surface area contributed by atoms with Crippen molar-refractivity contribution in [1.29, 1.82) is 0 Å². The second-order valence-electron chi connectivity index (χ2n) is 2.82. The minimum absolute atomic E-state index is 0.116. The summed E-state index contributed by atoms with van der Waals surface area (Å²) >= 11 is 0. The zero-order valence-electron chi connectivity index (χ0n) is 6.62. The fourth-order valence-electron chi connectivity index (χ4n) is 0.499. The highest BCUT2D eigenvalue weighted by atomic mass is 16.2. The van der Waals surface area contributed by atoms with Crippen LogP contribution in [-0.4, -0.2) is 13.0 Å². The van der Waals surface area contributed by atoms with E-state index in [0.717, 1.165) is 6.42 Å². The van der Waals surface area contributed by atoms with Crippen molar-refractivity contribution < 1.29 is 4.79 Å². The summed E-state index contributed by atoms with van der Waals surface area (Å²) in [7, 11) is 1.67. The molecule has 0 aromatic rings. The van der Waals surface area contributed by atoms with E-state index in [0.29, 0.717) is 0 Å². The smallest absolute Gasteiger partial charge is 0.225 e. The average molecular weight is 129 g/mol. The standard InChI is InChI=1S/C7H15NO/c1-5-7(2,3)6(9)8-4/h5H2,1-4H3,(H,8,9). The molecule has 1 amide bonds. The number of carbonyl (C=O) groups excluding carboxylic acids is 1. The van der Waals surface area contributed by atoms with Crippen molar-refractivity contribution in [3.63, 3.8) is 0 Å². The highest BCUT2D eigenvalue weighted by molar-refractivity contribution is 5.81. The molecule has 0 atom stereocenters. The van der Waals surface area contributed by atoms with Gasteiger partial charge >= 0.3 is 0 Å². The monoisotopic (exact) mass is 129 g/mol. The van der Waals surface area contributed by atoms with E-state index in [1.54, 1.807) is 7.05 Å². The van der Waals surface area contributed by atoms with E-state index in [1.807, 2.05) is 20.8 Å². The number of hydrogen-bond acceptors (Lipinski definition) is 1. The summed E-state index contributed by atoms with van der Waals surface area (Å²) in [5, 5.41) is 2.62. The predicted molar refractivity (Wildman–Crippen MR) is 38.1 cm³/mol. The summed E-state index contributed by atoms with van der Waals surface area (Å²) in [6, 6.07) is 0. The Balaban J connectivity index is 3.97. The van der Waals surface area contributed by atoms with Crippen LogP contribution in [-0.2, 0) is 4.79 Å². The van der Waals surface area contributed by atoms with E-state index >= 15 is 0 Å². The summed E-state index contributed by atoms with van der Waals surface area (Å²) < 4.78 is 0. The number of carbonyl (C=O) groups is 1. The molecule has 0 radical (unpaired) electrons. The molecule has 0 saturated heterocycles. The Labute approximate surface area is 56.6 Å². The van der Waals surface area contributed by atoms with Crippen molar-refractivity contribution in [2.45, 2.75) is 27.2 Å². The van der Waals surface area contributed by atoms with Crippen LogP contribution in [0.1, 0.15) is 27.2 Å². The van der Waals surface area contributed by atoms with Crippen molar-refractivity contribution in [2.24, 2.45) is 5.41 Å². The Kier molecular flexibility index (Phi) is 2.68. The number of nitrogens with one attached hydrogen (secondary N) is 1. The summed E-state index contributed by atoms with van der Waals surface area (Å²) in [5.74, 6) is 0.116. The van der Waals surface area contributed by atoms with Gasteiger partial charge in [-0.15, -0.1) is 0 Å². The summed E-state index contributed by atoms with van der Waals surface area (Å²) in [5.41, 5.74) is -0.200. The third kappa shape index (κ3) is 2.04. The molecule has 0 aliphatic carbocycles. The van der Waals surface area contributed by atoms with Crippen molar-refractivity contribution in [2.75, 3.05) is 7.05 Å². The van der Waals surface area contributed by atoms with E-state index in [-0.39, 0.29) is 11.3 Å². The second-order valence-corrected chi connectivity index (χ2v) is 2.82. The number of rotatable bonds is 2. The van der Waals surface area contributed by atoms with Crippen LogP contribution in [0.25, 0.3) is 0 Å². The molecule has 2 nitrogen and oxygen atoms in total. The maximum Gasteiger partial charge on any atom is 0.225 e. The van der Waals surface area contributed by atoms with Gasteiger partial charge in [0.1, 0.15) is 0 Å². The first-order valence-corrected chi connectivity index (χ1v) is 3.26. The van der Waals surface area contributed by atoms with Gasteiger partial charge in [0.25, 0.3) is 0 Å². The molecule has 0 saturated carbocycles. The van der Waals surface area contributed by atoms with Crippen molar-refractivity contribution in [3.05, 3.63) is 0 Å². The molecule has 0 aliphatic rings. The van der Waals surface area contributed by atoms with Crippen LogP contribution in [0.4, 0.5) is 0 Å². The Morgan fingerprint density at radius 3 is 2.11 bits per heavy atom. The largest absolute Gasteiger partial charge is 0.359 e. The lowest BCUT2D eigenvalue weighted by molar-refractivity contribution is -0.128. The third-order valence-corrected chi connectivity index (χ3v) is 1.73. The molecule has 0 aliphatic heterocycles. The minimum Gasteiger partial charge on any atom is -0.359 e. The molecular weight excluding hydrogens is 114 g/mol. The van der Waals surface area contributed by atoms with Gasteiger partial charge < -0.3 is 5.32 Å². The van der Waals surface area contributed by atoms with Crippen molar-refractivity contribution >= 4 is 5.91 Å². The molecule has 0 fully saturated rings. The molecular formula is C7H15NO. The van der Waals surface area contributed by atoms with Crippen LogP contribution in [0, 0.1) is 5.41 Å². The van der Waals surface area contributed by atoms with Crippen LogP contribution in [0.5, 0.6) is 0 Å². The van der Waals surface area contributed by atoms with E-state index in [9.17, 15) is 4.79 Å². The van der Waals surface area contributed by atoms with E-state index < -0.39 is 0 Å². The van der Waals surface area contributed by atoms with Crippen LogP contribution in [0.2, 0.25) is 0 Å². The molecule has 0 rings (SSSR count). The molecule has 0 aromatic heterocycles. The molecule has 0 aromatic carbocycles. The maximum absolute atomic E-state index is 11.0. The quantitative estimate of drug-likeness (QED) is 0.595. The molecule has 0 heterocycles. The molecule has 0 unspecified atom stereocenters. The summed E-state index contributed by atoms with van der Waals surface area (Å²) in [4.78, 5) is 11.0. The van der Waals surface area contributed by atoms with Gasteiger partial charge in [0.15, 0.2) is 0 Å². The zero-order valence-corrected chi connectivity index (χ0v) is 6.62. The van der Waals surface area contributed by atoms with Gasteiger partial charge in [-0.05, 0) is 6.42 Å². The Morgan fingerprint density at radius 2 is 2.00 bits per heavy atom. The lowest BCUT2D eigenvalue weighted by atomic mass is 9.89. The number of amides is 1. The van der Waals surface area contributed by atoms with Crippen LogP contribution >= 0.6 is 0 Å². The molecule has 0 spiro atoms. The molecule has 54 valence electrons. The Morgan fingerprint density at radius 1 is 1.56 bits per heavy atom. The first kappa shape index (κ1) is 8.47. The van der Waals surface area contributed by atoms with E-state index in [2.05, 4.69) is 5.32 Å². The van der Waals surface area contributed by atoms with E-state index in [4.69, 9.17) is 0 Å². The fourth-order valence-corrected chi connectivity index (χ4v) is 0.499. The maximum atomic E-state index is 11.0. The molecule has 1 N–H and O–H groups in total. The van der Waals surface area contributed by atoms with Gasteiger partial charge in [-0.1, -0.05) is 20.8 Å². The Bertz CT molecular complexity index is 107.